The minimum atomic E-state index is -4.65. The lowest BCUT2D eigenvalue weighted by atomic mass is 10.1. The fourth-order valence-corrected chi connectivity index (χ4v) is 1.92. The molecule has 2 aromatic heterocycles. The van der Waals surface area contributed by atoms with Gasteiger partial charge in [-0.2, -0.15) is 22.8 Å². The van der Waals surface area contributed by atoms with Crippen molar-refractivity contribution in [2.24, 2.45) is 0 Å². The van der Waals surface area contributed by atoms with Crippen molar-refractivity contribution in [3.05, 3.63) is 42.1 Å². The first kappa shape index (κ1) is 14.8. The second-order valence-corrected chi connectivity index (χ2v) is 4.54. The summed E-state index contributed by atoms with van der Waals surface area (Å²) in [5, 5.41) is 3.70. The van der Waals surface area contributed by atoms with Crippen LogP contribution in [0.1, 0.15) is 5.69 Å². The summed E-state index contributed by atoms with van der Waals surface area (Å²) >= 11 is 0. The Labute approximate surface area is 127 Å². The highest BCUT2D eigenvalue weighted by atomic mass is 19.4. The smallest absolute Gasteiger partial charge is 0.368 e. The molecule has 0 bridgehead atoms. The Balaban J connectivity index is 2.22. The zero-order chi connectivity index (χ0) is 16.6. The first-order valence-corrected chi connectivity index (χ1v) is 6.34. The zero-order valence-corrected chi connectivity index (χ0v) is 11.5. The third-order valence-electron chi connectivity index (χ3n) is 2.91. The van der Waals surface area contributed by atoms with Crippen LogP contribution in [0.4, 0.5) is 25.1 Å². The second-order valence-electron chi connectivity index (χ2n) is 4.54. The number of hydrogen-bond donors (Lipinski definition) is 2. The molecule has 2 heterocycles. The molecule has 0 radical (unpaired) electrons. The van der Waals surface area contributed by atoms with Crippen molar-refractivity contribution in [1.29, 1.82) is 0 Å². The molecule has 118 valence electrons. The summed E-state index contributed by atoms with van der Waals surface area (Å²) in [4.78, 5) is 11.2. The summed E-state index contributed by atoms with van der Waals surface area (Å²) in [6, 6.07) is 9.23. The summed E-state index contributed by atoms with van der Waals surface area (Å²) < 4.78 is 40.1. The van der Waals surface area contributed by atoms with Gasteiger partial charge in [-0.05, 0) is 6.07 Å². The number of nitrogens with zero attached hydrogens (tertiary/aromatic N) is 5. The third kappa shape index (κ3) is 2.91. The highest BCUT2D eigenvalue weighted by molar-refractivity contribution is 5.60. The van der Waals surface area contributed by atoms with Crippen molar-refractivity contribution in [3.8, 4) is 17.2 Å². The lowest BCUT2D eigenvalue weighted by Crippen LogP contribution is -2.14. The molecule has 7 nitrogen and oxygen atoms in total. The lowest BCUT2D eigenvalue weighted by molar-refractivity contribution is -0.141. The van der Waals surface area contributed by atoms with Gasteiger partial charge in [-0.25, -0.2) is 9.97 Å². The molecular weight excluding hydrogens is 311 g/mol. The van der Waals surface area contributed by atoms with E-state index in [2.05, 4.69) is 20.1 Å². The van der Waals surface area contributed by atoms with Gasteiger partial charge >= 0.3 is 6.18 Å². The van der Waals surface area contributed by atoms with Gasteiger partial charge in [0.15, 0.2) is 5.69 Å². The van der Waals surface area contributed by atoms with Gasteiger partial charge in [-0.15, -0.1) is 5.10 Å². The molecule has 0 fully saturated rings. The predicted octanol–water partition coefficient (Wildman–Crippen LogP) is 1.91. The van der Waals surface area contributed by atoms with E-state index < -0.39 is 11.9 Å². The van der Waals surface area contributed by atoms with Crippen molar-refractivity contribution >= 4 is 11.9 Å². The van der Waals surface area contributed by atoms with E-state index in [0.717, 1.165) is 10.7 Å². The van der Waals surface area contributed by atoms with E-state index in [-0.39, 0.29) is 23.5 Å². The number of hydrogen-bond acceptors (Lipinski definition) is 6. The zero-order valence-electron chi connectivity index (χ0n) is 11.5. The first-order valence-electron chi connectivity index (χ1n) is 6.34. The average molecular weight is 321 g/mol. The minimum absolute atomic E-state index is 0.0800. The molecule has 1 aromatic carbocycles. The molecule has 4 N–H and O–H groups in total. The Morgan fingerprint density at radius 3 is 2.22 bits per heavy atom. The van der Waals surface area contributed by atoms with Gasteiger partial charge in [0.25, 0.3) is 5.95 Å². The van der Waals surface area contributed by atoms with Gasteiger partial charge < -0.3 is 11.5 Å². The normalized spacial score (nSPS) is 11.6. The summed E-state index contributed by atoms with van der Waals surface area (Å²) in [7, 11) is 0. The van der Waals surface area contributed by atoms with Crippen LogP contribution >= 0.6 is 0 Å². The fraction of sp³-hybridized carbons (Fsp3) is 0.0769. The highest BCUT2D eigenvalue weighted by Crippen LogP contribution is 2.31. The van der Waals surface area contributed by atoms with Crippen molar-refractivity contribution in [1.82, 2.24) is 24.7 Å². The van der Waals surface area contributed by atoms with Crippen LogP contribution in [0.3, 0.4) is 0 Å². The SMILES string of the molecule is Nc1nc(N)n(-c2nc(-c3ccccc3)cc(C(F)(F)F)n2)n1. The van der Waals surface area contributed by atoms with Gasteiger partial charge in [0.2, 0.25) is 11.9 Å². The number of halogens is 3. The predicted molar refractivity (Wildman–Crippen MR) is 76.2 cm³/mol. The topological polar surface area (TPSA) is 109 Å². The van der Waals surface area contributed by atoms with E-state index in [1.165, 1.54) is 0 Å². The summed E-state index contributed by atoms with van der Waals surface area (Å²) in [6.07, 6.45) is -4.65. The van der Waals surface area contributed by atoms with Gasteiger partial charge in [0, 0.05) is 5.56 Å². The minimum Gasteiger partial charge on any atom is -0.368 e. The molecule has 0 aliphatic heterocycles. The quantitative estimate of drug-likeness (QED) is 0.746. The molecule has 0 saturated heterocycles. The van der Waals surface area contributed by atoms with E-state index in [9.17, 15) is 13.2 Å². The molecular formula is C13H10F3N7. The third-order valence-corrected chi connectivity index (χ3v) is 2.91. The number of aromatic nitrogens is 5. The molecule has 0 aliphatic carbocycles. The van der Waals surface area contributed by atoms with Crippen LogP contribution < -0.4 is 11.5 Å². The Bertz CT molecular complexity index is 843. The molecule has 0 spiro atoms. The maximum absolute atomic E-state index is 13.1. The molecule has 10 heteroatoms. The lowest BCUT2D eigenvalue weighted by Gasteiger charge is -2.10. The van der Waals surface area contributed by atoms with Gasteiger partial charge in [0.1, 0.15) is 0 Å². The monoisotopic (exact) mass is 321 g/mol. The van der Waals surface area contributed by atoms with Gasteiger partial charge in [-0.1, -0.05) is 30.3 Å². The van der Waals surface area contributed by atoms with Crippen LogP contribution in [0.5, 0.6) is 0 Å². The van der Waals surface area contributed by atoms with E-state index in [0.29, 0.717) is 5.56 Å². The van der Waals surface area contributed by atoms with Gasteiger partial charge in [0.05, 0.1) is 5.69 Å². The first-order chi connectivity index (χ1) is 10.8. The number of nitrogen functional groups attached to an aromatic ring is 2. The van der Waals surface area contributed by atoms with Crippen LogP contribution in [-0.4, -0.2) is 24.7 Å². The molecule has 23 heavy (non-hydrogen) atoms. The van der Waals surface area contributed by atoms with Crippen LogP contribution in [-0.2, 0) is 6.18 Å². The largest absolute Gasteiger partial charge is 0.433 e. The molecule has 0 amide bonds. The standard InChI is InChI=1S/C13H10F3N7/c14-13(15,16)9-6-8(7-4-2-1-3-5-7)19-12(20-9)23-11(18)21-10(17)22-23/h1-6H,(H4,17,18,21,22). The molecule has 0 atom stereocenters. The van der Waals surface area contributed by atoms with Gasteiger partial charge in [-0.3, -0.25) is 0 Å². The van der Waals surface area contributed by atoms with E-state index in [4.69, 9.17) is 11.5 Å². The summed E-state index contributed by atoms with van der Waals surface area (Å²) in [5.74, 6) is -0.758. The fourth-order valence-electron chi connectivity index (χ4n) is 1.92. The molecule has 3 rings (SSSR count). The number of nitrogens with two attached hydrogens (primary N) is 2. The average Bonchev–Trinajstić information content (AvgIpc) is 2.85. The summed E-state index contributed by atoms with van der Waals surface area (Å²) in [6.45, 7) is 0. The number of anilines is 2. The molecule has 3 aromatic rings. The molecule has 0 saturated carbocycles. The van der Waals surface area contributed by atoms with Crippen LogP contribution in [0.25, 0.3) is 17.2 Å². The Morgan fingerprint density at radius 1 is 0.957 bits per heavy atom. The molecule has 0 unspecified atom stereocenters. The molecule has 0 aliphatic rings. The van der Waals surface area contributed by atoms with Crippen molar-refractivity contribution in [3.63, 3.8) is 0 Å². The number of alkyl halides is 3. The van der Waals surface area contributed by atoms with Crippen molar-refractivity contribution in [2.45, 2.75) is 6.18 Å². The maximum atomic E-state index is 13.1. The highest BCUT2D eigenvalue weighted by Gasteiger charge is 2.34. The van der Waals surface area contributed by atoms with Crippen LogP contribution in [0, 0.1) is 0 Å². The maximum Gasteiger partial charge on any atom is 0.433 e. The van der Waals surface area contributed by atoms with E-state index in [1.807, 2.05) is 0 Å². The Morgan fingerprint density at radius 2 is 1.65 bits per heavy atom. The second kappa shape index (κ2) is 5.23. The Hall–Kier alpha value is -3.17. The van der Waals surface area contributed by atoms with Crippen LogP contribution in [0.15, 0.2) is 36.4 Å². The van der Waals surface area contributed by atoms with Crippen LogP contribution in [0.2, 0.25) is 0 Å². The van der Waals surface area contributed by atoms with E-state index in [1.54, 1.807) is 30.3 Å². The van der Waals surface area contributed by atoms with Crippen molar-refractivity contribution in [2.75, 3.05) is 11.5 Å². The van der Waals surface area contributed by atoms with Crippen molar-refractivity contribution < 1.29 is 13.2 Å². The number of benzene rings is 1. The number of rotatable bonds is 2. The van der Waals surface area contributed by atoms with E-state index >= 15 is 0 Å². The summed E-state index contributed by atoms with van der Waals surface area (Å²) in [5.41, 5.74) is 10.4. The Kier molecular flexibility index (Phi) is 3.36.